The van der Waals surface area contributed by atoms with Crippen LogP contribution in [0.3, 0.4) is 0 Å². The lowest BCUT2D eigenvalue weighted by atomic mass is 10.1. The lowest BCUT2D eigenvalue weighted by molar-refractivity contribution is -0.140. The number of hydrogen-bond acceptors (Lipinski definition) is 5. The first-order chi connectivity index (χ1) is 20.1. The molecule has 0 radical (unpaired) electrons. The number of rotatable bonds is 12. The van der Waals surface area contributed by atoms with Gasteiger partial charge >= 0.3 is 0 Å². The third-order valence-electron chi connectivity index (χ3n) is 7.76. The van der Waals surface area contributed by atoms with E-state index in [1.165, 1.54) is 24.1 Å². The van der Waals surface area contributed by atoms with Gasteiger partial charge < -0.3 is 15.0 Å². The molecule has 0 saturated heterocycles. The molecule has 3 aromatic rings. The fraction of sp³-hybridized carbons (Fsp3) is 0.394. The van der Waals surface area contributed by atoms with E-state index >= 15 is 0 Å². The van der Waals surface area contributed by atoms with Gasteiger partial charge in [-0.05, 0) is 62.9 Å². The van der Waals surface area contributed by atoms with Crippen molar-refractivity contribution < 1.29 is 22.7 Å². The van der Waals surface area contributed by atoms with E-state index in [0.29, 0.717) is 12.2 Å². The van der Waals surface area contributed by atoms with Crippen molar-refractivity contribution in [1.82, 2.24) is 10.2 Å². The monoisotopic (exact) mass is 591 g/mol. The normalized spacial score (nSPS) is 14.3. The summed E-state index contributed by atoms with van der Waals surface area (Å²) in [6, 6.07) is 20.3. The molecule has 1 saturated carbocycles. The van der Waals surface area contributed by atoms with E-state index in [9.17, 15) is 18.0 Å². The van der Waals surface area contributed by atoms with Gasteiger partial charge in [-0.2, -0.15) is 0 Å². The lowest BCUT2D eigenvalue weighted by Crippen LogP contribution is -2.53. The van der Waals surface area contributed by atoms with Gasteiger partial charge in [0.05, 0.1) is 17.7 Å². The van der Waals surface area contributed by atoms with Crippen LogP contribution >= 0.6 is 0 Å². The van der Waals surface area contributed by atoms with Crippen LogP contribution in [0.4, 0.5) is 5.69 Å². The molecule has 9 heteroatoms. The molecule has 224 valence electrons. The minimum absolute atomic E-state index is 0.0584. The Morgan fingerprint density at radius 2 is 1.64 bits per heavy atom. The Balaban J connectivity index is 1.74. The molecule has 2 amide bonds. The van der Waals surface area contributed by atoms with Crippen LogP contribution in [0.5, 0.6) is 5.75 Å². The van der Waals surface area contributed by atoms with Crippen LogP contribution in [0.25, 0.3) is 0 Å². The molecule has 42 heavy (non-hydrogen) atoms. The second-order valence-electron chi connectivity index (χ2n) is 10.9. The summed E-state index contributed by atoms with van der Waals surface area (Å²) in [5, 5.41) is 3.14. The number of ether oxygens (including phenoxy) is 1. The summed E-state index contributed by atoms with van der Waals surface area (Å²) in [6.07, 6.45) is 4.36. The van der Waals surface area contributed by atoms with Gasteiger partial charge in [-0.1, -0.05) is 79.4 Å². The summed E-state index contributed by atoms with van der Waals surface area (Å²) in [5.74, 6) is -0.376. The number of sulfonamides is 1. The average molecular weight is 592 g/mol. The van der Waals surface area contributed by atoms with Crippen molar-refractivity contribution in [2.24, 2.45) is 0 Å². The standard InChI is InChI=1S/C33H41N3O5S/c1-5-29(33(38)34-27-13-6-7-14-27)35(22-26-12-10-11-25(3)21-26)32(37)23-36(30-15-8-9-16-31(30)41-4)42(39,40)28-19-17-24(2)18-20-28/h8-12,15-21,27,29H,5-7,13-14,22-23H2,1-4H3,(H,34,38)/t29-/m0/s1. The second kappa shape index (κ2) is 13.9. The number of methoxy groups -OCH3 is 1. The number of carbonyl (C=O) groups is 2. The van der Waals surface area contributed by atoms with Crippen LogP contribution in [-0.2, 0) is 26.2 Å². The number of hydrogen-bond donors (Lipinski definition) is 1. The Morgan fingerprint density at radius 1 is 0.952 bits per heavy atom. The minimum atomic E-state index is -4.18. The fourth-order valence-electron chi connectivity index (χ4n) is 5.48. The van der Waals surface area contributed by atoms with E-state index in [4.69, 9.17) is 4.74 Å². The Labute approximate surface area is 249 Å². The molecule has 1 aliphatic rings. The quantitative estimate of drug-likeness (QED) is 0.305. The van der Waals surface area contributed by atoms with Gasteiger partial charge in [-0.25, -0.2) is 8.42 Å². The number of carbonyl (C=O) groups excluding carboxylic acids is 2. The van der Waals surface area contributed by atoms with Gasteiger partial charge in [0, 0.05) is 12.6 Å². The zero-order valence-corrected chi connectivity index (χ0v) is 25.7. The highest BCUT2D eigenvalue weighted by Gasteiger charge is 2.35. The molecule has 4 rings (SSSR count). The van der Waals surface area contributed by atoms with Crippen LogP contribution in [0, 0.1) is 13.8 Å². The number of anilines is 1. The summed E-state index contributed by atoms with van der Waals surface area (Å²) in [6.45, 7) is 5.38. The fourth-order valence-corrected chi connectivity index (χ4v) is 6.91. The molecule has 0 aliphatic heterocycles. The molecule has 1 aliphatic carbocycles. The van der Waals surface area contributed by atoms with Crippen LogP contribution in [0.2, 0.25) is 0 Å². The Bertz CT molecular complexity index is 1480. The second-order valence-corrected chi connectivity index (χ2v) is 12.8. The van der Waals surface area contributed by atoms with Crippen molar-refractivity contribution in [2.45, 2.75) is 76.4 Å². The van der Waals surface area contributed by atoms with Crippen molar-refractivity contribution in [3.8, 4) is 5.75 Å². The topological polar surface area (TPSA) is 96.0 Å². The summed E-state index contributed by atoms with van der Waals surface area (Å²) in [5.41, 5.74) is 3.05. The Morgan fingerprint density at radius 3 is 2.29 bits per heavy atom. The predicted molar refractivity (Wildman–Crippen MR) is 165 cm³/mol. The van der Waals surface area contributed by atoms with Crippen LogP contribution < -0.4 is 14.4 Å². The maximum atomic E-state index is 14.3. The van der Waals surface area contributed by atoms with E-state index in [1.807, 2.05) is 45.0 Å². The summed E-state index contributed by atoms with van der Waals surface area (Å²) in [4.78, 5) is 29.5. The van der Waals surface area contributed by atoms with Gasteiger partial charge in [-0.15, -0.1) is 0 Å². The third-order valence-corrected chi connectivity index (χ3v) is 9.54. The summed E-state index contributed by atoms with van der Waals surface area (Å²) < 4.78 is 34.8. The maximum Gasteiger partial charge on any atom is 0.264 e. The number of amides is 2. The number of para-hydroxylation sites is 2. The third kappa shape index (κ3) is 7.31. The smallest absolute Gasteiger partial charge is 0.264 e. The lowest BCUT2D eigenvalue weighted by Gasteiger charge is -2.34. The molecule has 0 spiro atoms. The van der Waals surface area contributed by atoms with Crippen LogP contribution in [-0.4, -0.2) is 50.9 Å². The van der Waals surface area contributed by atoms with Crippen molar-refractivity contribution in [2.75, 3.05) is 18.0 Å². The summed E-state index contributed by atoms with van der Waals surface area (Å²) in [7, 11) is -2.72. The molecule has 0 aromatic heterocycles. The van der Waals surface area contributed by atoms with E-state index in [0.717, 1.165) is 46.7 Å². The zero-order valence-electron chi connectivity index (χ0n) is 24.9. The van der Waals surface area contributed by atoms with Gasteiger partial charge in [0.15, 0.2) is 0 Å². The number of aryl methyl sites for hydroxylation is 2. The molecule has 0 unspecified atom stereocenters. The first-order valence-corrected chi connectivity index (χ1v) is 16.0. The van der Waals surface area contributed by atoms with Gasteiger partial charge in [0.2, 0.25) is 11.8 Å². The SMILES string of the molecule is CC[C@@H](C(=O)NC1CCCC1)N(Cc1cccc(C)c1)C(=O)CN(c1ccccc1OC)S(=O)(=O)c1ccc(C)cc1. The average Bonchev–Trinajstić information content (AvgIpc) is 3.49. The van der Waals surface area contributed by atoms with E-state index < -0.39 is 28.5 Å². The van der Waals surface area contributed by atoms with Gasteiger partial charge in [0.25, 0.3) is 10.0 Å². The first kappa shape index (κ1) is 31.1. The van der Waals surface area contributed by atoms with Crippen LogP contribution in [0.1, 0.15) is 55.7 Å². The van der Waals surface area contributed by atoms with Crippen LogP contribution in [0.15, 0.2) is 77.7 Å². The van der Waals surface area contributed by atoms with Crippen molar-refractivity contribution >= 4 is 27.5 Å². The van der Waals surface area contributed by atoms with Crippen molar-refractivity contribution in [3.05, 3.63) is 89.5 Å². The van der Waals surface area contributed by atoms with E-state index in [2.05, 4.69) is 5.32 Å². The first-order valence-electron chi connectivity index (χ1n) is 14.5. The molecule has 1 fully saturated rings. The number of nitrogens with zero attached hydrogens (tertiary/aromatic N) is 2. The van der Waals surface area contributed by atoms with Crippen molar-refractivity contribution in [1.29, 1.82) is 0 Å². The maximum absolute atomic E-state index is 14.3. The van der Waals surface area contributed by atoms with E-state index in [1.54, 1.807) is 36.4 Å². The highest BCUT2D eigenvalue weighted by Crippen LogP contribution is 2.33. The predicted octanol–water partition coefficient (Wildman–Crippen LogP) is 5.37. The molecule has 3 aromatic carbocycles. The molecule has 1 atom stereocenters. The number of nitrogens with one attached hydrogen (secondary N) is 1. The Hall–Kier alpha value is -3.85. The molecule has 8 nitrogen and oxygen atoms in total. The van der Waals surface area contributed by atoms with E-state index in [-0.39, 0.29) is 29.1 Å². The number of benzene rings is 3. The molecule has 1 N–H and O–H groups in total. The highest BCUT2D eigenvalue weighted by molar-refractivity contribution is 7.92. The van der Waals surface area contributed by atoms with Gasteiger partial charge in [0.1, 0.15) is 18.3 Å². The van der Waals surface area contributed by atoms with Gasteiger partial charge in [-0.3, -0.25) is 13.9 Å². The molecular formula is C33H41N3O5S. The molecular weight excluding hydrogens is 550 g/mol. The minimum Gasteiger partial charge on any atom is -0.495 e. The molecule has 0 heterocycles. The molecule has 0 bridgehead atoms. The summed E-state index contributed by atoms with van der Waals surface area (Å²) >= 11 is 0. The van der Waals surface area contributed by atoms with Crippen molar-refractivity contribution in [3.63, 3.8) is 0 Å². The highest BCUT2D eigenvalue weighted by atomic mass is 32.2. The Kier molecular flexibility index (Phi) is 10.3. The zero-order chi connectivity index (χ0) is 30.3. The largest absolute Gasteiger partial charge is 0.495 e.